The zero-order valence-electron chi connectivity index (χ0n) is 11.1. The minimum Gasteiger partial charge on any atom is -0.495 e. The van der Waals surface area contributed by atoms with Gasteiger partial charge in [-0.3, -0.25) is 0 Å². The molecule has 1 rings (SSSR count). The van der Waals surface area contributed by atoms with Crippen molar-refractivity contribution in [3.05, 3.63) is 22.7 Å². The maximum absolute atomic E-state index is 12.2. The van der Waals surface area contributed by atoms with Crippen molar-refractivity contribution in [2.24, 2.45) is 5.92 Å². The molecule has 0 heterocycles. The van der Waals surface area contributed by atoms with E-state index in [2.05, 4.69) is 20.7 Å². The molecule has 0 amide bonds. The van der Waals surface area contributed by atoms with Crippen molar-refractivity contribution in [2.45, 2.75) is 24.8 Å². The van der Waals surface area contributed by atoms with E-state index in [1.807, 2.05) is 13.8 Å². The Hall–Kier alpha value is -0.630. The van der Waals surface area contributed by atoms with Gasteiger partial charge in [-0.1, -0.05) is 29.8 Å². The molecule has 1 unspecified atom stereocenters. The second-order valence-electron chi connectivity index (χ2n) is 4.46. The number of aliphatic hydroxyl groups is 1. The minimum absolute atomic E-state index is 0.0212. The molecular weight excluding hydrogens is 334 g/mol. The third-order valence-corrected chi connectivity index (χ3v) is 4.61. The van der Waals surface area contributed by atoms with Crippen molar-refractivity contribution in [1.82, 2.24) is 4.72 Å². The molecule has 0 aliphatic carbocycles. The van der Waals surface area contributed by atoms with Crippen LogP contribution in [-0.2, 0) is 10.0 Å². The number of rotatable bonds is 6. The van der Waals surface area contributed by atoms with Crippen LogP contribution in [0.5, 0.6) is 5.75 Å². The number of aliphatic hydroxyl groups excluding tert-OH is 1. The highest BCUT2D eigenvalue weighted by molar-refractivity contribution is 9.10. The lowest BCUT2D eigenvalue weighted by Gasteiger charge is -2.16. The van der Waals surface area contributed by atoms with E-state index >= 15 is 0 Å². The summed E-state index contributed by atoms with van der Waals surface area (Å²) in [4.78, 5) is 0.0420. The fourth-order valence-electron chi connectivity index (χ4n) is 1.37. The molecule has 0 aliphatic rings. The molecule has 19 heavy (non-hydrogen) atoms. The minimum atomic E-state index is -3.72. The standard InChI is InChI=1S/C12H18BrNO4S/c1-8(2)10(15)7-14-19(16,17)12-6-9(13)4-5-11(12)18-3/h4-6,8,10,14-15H,7H2,1-3H3. The quantitative estimate of drug-likeness (QED) is 0.818. The van der Waals surface area contributed by atoms with Crippen LogP contribution < -0.4 is 9.46 Å². The predicted octanol–water partition coefficient (Wildman–Crippen LogP) is 1.75. The number of halogens is 1. The molecular formula is C12H18BrNO4S. The van der Waals surface area contributed by atoms with Crippen molar-refractivity contribution < 1.29 is 18.3 Å². The average Bonchev–Trinajstić information content (AvgIpc) is 2.35. The van der Waals surface area contributed by atoms with E-state index in [4.69, 9.17) is 4.74 Å². The Morgan fingerprint density at radius 2 is 2.05 bits per heavy atom. The normalized spacial score (nSPS) is 13.6. The van der Waals surface area contributed by atoms with E-state index in [1.54, 1.807) is 12.1 Å². The Balaban J connectivity index is 2.97. The van der Waals surface area contributed by atoms with Crippen LogP contribution in [0.15, 0.2) is 27.6 Å². The van der Waals surface area contributed by atoms with Crippen LogP contribution in [-0.4, -0.2) is 33.3 Å². The molecule has 0 saturated carbocycles. The van der Waals surface area contributed by atoms with E-state index in [1.165, 1.54) is 13.2 Å². The lowest BCUT2D eigenvalue weighted by atomic mass is 10.1. The summed E-state index contributed by atoms with van der Waals surface area (Å²) in [5.41, 5.74) is 0. The number of sulfonamides is 1. The van der Waals surface area contributed by atoms with Crippen molar-refractivity contribution >= 4 is 26.0 Å². The van der Waals surface area contributed by atoms with Gasteiger partial charge in [-0.05, 0) is 24.1 Å². The van der Waals surface area contributed by atoms with Crippen molar-refractivity contribution in [3.8, 4) is 5.75 Å². The Labute approximate surface area is 122 Å². The summed E-state index contributed by atoms with van der Waals surface area (Å²) >= 11 is 3.22. The Morgan fingerprint density at radius 3 is 2.58 bits per heavy atom. The smallest absolute Gasteiger partial charge is 0.244 e. The first-order chi connectivity index (χ1) is 8.77. The average molecular weight is 352 g/mol. The SMILES string of the molecule is COc1ccc(Br)cc1S(=O)(=O)NCC(O)C(C)C. The van der Waals surface area contributed by atoms with Gasteiger partial charge in [0.25, 0.3) is 0 Å². The molecule has 0 aliphatic heterocycles. The molecule has 1 aromatic rings. The number of ether oxygens (including phenoxy) is 1. The van der Waals surface area contributed by atoms with Crippen LogP contribution in [0.3, 0.4) is 0 Å². The molecule has 7 heteroatoms. The summed E-state index contributed by atoms with van der Waals surface area (Å²) in [6, 6.07) is 4.72. The van der Waals surface area contributed by atoms with Gasteiger partial charge >= 0.3 is 0 Å². The number of benzene rings is 1. The number of nitrogens with one attached hydrogen (secondary N) is 1. The lowest BCUT2D eigenvalue weighted by Crippen LogP contribution is -2.34. The third kappa shape index (κ3) is 4.45. The highest BCUT2D eigenvalue weighted by Gasteiger charge is 2.21. The molecule has 0 fully saturated rings. The molecule has 1 atom stereocenters. The van der Waals surface area contributed by atoms with Crippen LogP contribution in [0.2, 0.25) is 0 Å². The maximum atomic E-state index is 12.2. The van der Waals surface area contributed by atoms with Gasteiger partial charge in [0.15, 0.2) is 0 Å². The van der Waals surface area contributed by atoms with Crippen LogP contribution in [0.1, 0.15) is 13.8 Å². The summed E-state index contributed by atoms with van der Waals surface area (Å²) in [6.45, 7) is 3.60. The van der Waals surface area contributed by atoms with Gasteiger partial charge in [0, 0.05) is 11.0 Å². The second kappa shape index (κ2) is 6.69. The molecule has 0 saturated heterocycles. The van der Waals surface area contributed by atoms with E-state index in [0.717, 1.165) is 0 Å². The van der Waals surface area contributed by atoms with Crippen molar-refractivity contribution in [1.29, 1.82) is 0 Å². The molecule has 5 nitrogen and oxygen atoms in total. The molecule has 108 valence electrons. The Morgan fingerprint density at radius 1 is 1.42 bits per heavy atom. The molecule has 1 aromatic carbocycles. The Kier molecular flexibility index (Phi) is 5.79. The van der Waals surface area contributed by atoms with Gasteiger partial charge < -0.3 is 9.84 Å². The van der Waals surface area contributed by atoms with Crippen molar-refractivity contribution in [2.75, 3.05) is 13.7 Å². The highest BCUT2D eigenvalue weighted by Crippen LogP contribution is 2.27. The summed E-state index contributed by atoms with van der Waals surface area (Å²) < 4.78 is 32.4. The van der Waals surface area contributed by atoms with Crippen molar-refractivity contribution in [3.63, 3.8) is 0 Å². The summed E-state index contributed by atoms with van der Waals surface area (Å²) in [6.07, 6.45) is -0.729. The van der Waals surface area contributed by atoms with Gasteiger partial charge in [-0.2, -0.15) is 0 Å². The molecule has 0 bridgehead atoms. The van der Waals surface area contributed by atoms with E-state index < -0.39 is 16.1 Å². The number of hydrogen-bond donors (Lipinski definition) is 2. The van der Waals surface area contributed by atoms with Gasteiger partial charge in [0.2, 0.25) is 10.0 Å². The Bertz CT molecular complexity index is 531. The first-order valence-corrected chi connectivity index (χ1v) is 8.07. The van der Waals surface area contributed by atoms with Gasteiger partial charge in [0.1, 0.15) is 10.6 Å². The summed E-state index contributed by atoms with van der Waals surface area (Å²) in [5.74, 6) is 0.238. The van der Waals surface area contributed by atoms with Crippen LogP contribution in [0.4, 0.5) is 0 Å². The molecule has 2 N–H and O–H groups in total. The fourth-order valence-corrected chi connectivity index (χ4v) is 3.13. The van der Waals surface area contributed by atoms with Gasteiger partial charge in [-0.25, -0.2) is 13.1 Å². The summed E-state index contributed by atoms with van der Waals surface area (Å²) in [5, 5.41) is 9.65. The first kappa shape index (κ1) is 16.4. The van der Waals surface area contributed by atoms with Gasteiger partial charge in [-0.15, -0.1) is 0 Å². The number of methoxy groups -OCH3 is 1. The molecule has 0 aromatic heterocycles. The first-order valence-electron chi connectivity index (χ1n) is 5.79. The lowest BCUT2D eigenvalue weighted by molar-refractivity contribution is 0.129. The van der Waals surface area contributed by atoms with Gasteiger partial charge in [0.05, 0.1) is 13.2 Å². The molecule has 0 spiro atoms. The van der Waals surface area contributed by atoms with E-state index in [9.17, 15) is 13.5 Å². The van der Waals surface area contributed by atoms with Crippen LogP contribution in [0, 0.1) is 5.92 Å². The zero-order valence-corrected chi connectivity index (χ0v) is 13.5. The monoisotopic (exact) mass is 351 g/mol. The third-order valence-electron chi connectivity index (χ3n) is 2.67. The highest BCUT2D eigenvalue weighted by atomic mass is 79.9. The molecule has 0 radical (unpaired) electrons. The zero-order chi connectivity index (χ0) is 14.6. The van der Waals surface area contributed by atoms with Crippen LogP contribution >= 0.6 is 15.9 Å². The van der Waals surface area contributed by atoms with E-state index in [0.29, 0.717) is 4.47 Å². The maximum Gasteiger partial charge on any atom is 0.244 e. The van der Waals surface area contributed by atoms with E-state index in [-0.39, 0.29) is 23.1 Å². The van der Waals surface area contributed by atoms with Crippen LogP contribution in [0.25, 0.3) is 0 Å². The predicted molar refractivity (Wildman–Crippen MR) is 76.7 cm³/mol. The topological polar surface area (TPSA) is 75.6 Å². The second-order valence-corrected chi connectivity index (χ2v) is 7.11. The summed E-state index contributed by atoms with van der Waals surface area (Å²) in [7, 11) is -2.31. The largest absolute Gasteiger partial charge is 0.495 e. The number of hydrogen-bond acceptors (Lipinski definition) is 4. The fraction of sp³-hybridized carbons (Fsp3) is 0.500.